The number of hydrogen-bond acceptors (Lipinski definition) is 3. The molecule has 1 aliphatic carbocycles. The van der Waals surface area contributed by atoms with Crippen LogP contribution >= 0.6 is 0 Å². The van der Waals surface area contributed by atoms with Gasteiger partial charge in [-0.2, -0.15) is 0 Å². The van der Waals surface area contributed by atoms with Crippen molar-refractivity contribution in [2.75, 3.05) is 26.2 Å². The molecule has 0 aromatic heterocycles. The van der Waals surface area contributed by atoms with Crippen LogP contribution in [0.15, 0.2) is 35.3 Å². The SMILES string of the molecule is CCNC(=NCC1(c2ccccc2)CC1)NCCCN1C(=O)NC(C)(CC)C1=O. The average molecular weight is 400 g/mol. The number of carbonyl (C=O) groups is 2. The van der Waals surface area contributed by atoms with Crippen molar-refractivity contribution < 1.29 is 9.59 Å². The predicted molar refractivity (Wildman–Crippen MR) is 115 cm³/mol. The molecule has 1 aromatic rings. The molecule has 3 rings (SSSR count). The van der Waals surface area contributed by atoms with Crippen LogP contribution in [0, 0.1) is 0 Å². The summed E-state index contributed by atoms with van der Waals surface area (Å²) in [4.78, 5) is 30.6. The average Bonchev–Trinajstić information content (AvgIpc) is 3.49. The number of imide groups is 1. The first kappa shape index (κ1) is 21.1. The van der Waals surface area contributed by atoms with Gasteiger partial charge in [-0.3, -0.25) is 14.7 Å². The number of amides is 3. The van der Waals surface area contributed by atoms with Gasteiger partial charge in [-0.1, -0.05) is 37.3 Å². The molecule has 7 heteroatoms. The Balaban J connectivity index is 1.50. The zero-order chi connectivity index (χ0) is 20.9. The van der Waals surface area contributed by atoms with E-state index in [0.717, 1.165) is 19.0 Å². The maximum absolute atomic E-state index is 12.4. The van der Waals surface area contributed by atoms with Crippen LogP contribution < -0.4 is 16.0 Å². The van der Waals surface area contributed by atoms with Gasteiger partial charge >= 0.3 is 6.03 Å². The number of aliphatic imine (C=N–C) groups is 1. The number of benzene rings is 1. The van der Waals surface area contributed by atoms with E-state index in [0.29, 0.717) is 25.9 Å². The summed E-state index contributed by atoms with van der Waals surface area (Å²) >= 11 is 0. The van der Waals surface area contributed by atoms with Crippen LogP contribution in [-0.2, 0) is 10.2 Å². The highest BCUT2D eigenvalue weighted by Crippen LogP contribution is 2.48. The Kier molecular flexibility index (Phi) is 6.45. The molecule has 1 unspecified atom stereocenters. The minimum Gasteiger partial charge on any atom is -0.357 e. The lowest BCUT2D eigenvalue weighted by atomic mass is 9.96. The fourth-order valence-corrected chi connectivity index (χ4v) is 3.69. The first-order valence-corrected chi connectivity index (χ1v) is 10.7. The summed E-state index contributed by atoms with van der Waals surface area (Å²) in [6.45, 7) is 8.32. The third kappa shape index (κ3) is 4.71. The van der Waals surface area contributed by atoms with Crippen LogP contribution in [0.25, 0.3) is 0 Å². The Labute approximate surface area is 173 Å². The van der Waals surface area contributed by atoms with Crippen molar-refractivity contribution in [1.82, 2.24) is 20.9 Å². The van der Waals surface area contributed by atoms with Crippen LogP contribution in [0.1, 0.15) is 52.0 Å². The topological polar surface area (TPSA) is 85.8 Å². The standard InChI is InChI=1S/C22H33N5O2/c1-4-21(3)18(28)27(20(29)26-21)15-9-14-24-19(23-5-2)25-16-22(12-13-22)17-10-7-6-8-11-17/h6-8,10-11H,4-5,9,12-16H2,1-3H3,(H,26,29)(H2,23,24,25). The molecule has 0 bridgehead atoms. The molecule has 29 heavy (non-hydrogen) atoms. The van der Waals surface area contributed by atoms with Gasteiger partial charge in [0.25, 0.3) is 5.91 Å². The summed E-state index contributed by atoms with van der Waals surface area (Å²) in [6, 6.07) is 10.3. The van der Waals surface area contributed by atoms with Crippen molar-refractivity contribution in [3.05, 3.63) is 35.9 Å². The molecule has 2 fully saturated rings. The minimum absolute atomic E-state index is 0.135. The van der Waals surface area contributed by atoms with Crippen LogP contribution in [0.3, 0.4) is 0 Å². The summed E-state index contributed by atoms with van der Waals surface area (Å²) in [5.74, 6) is 0.648. The number of urea groups is 1. The van der Waals surface area contributed by atoms with Crippen molar-refractivity contribution >= 4 is 17.9 Å². The van der Waals surface area contributed by atoms with Gasteiger partial charge in [0.2, 0.25) is 0 Å². The molecule has 1 heterocycles. The fourth-order valence-electron chi connectivity index (χ4n) is 3.69. The second-order valence-corrected chi connectivity index (χ2v) is 8.19. The van der Waals surface area contributed by atoms with Crippen molar-refractivity contribution in [3.8, 4) is 0 Å². The first-order chi connectivity index (χ1) is 13.9. The van der Waals surface area contributed by atoms with Crippen LogP contribution in [0.2, 0.25) is 0 Å². The summed E-state index contributed by atoms with van der Waals surface area (Å²) in [7, 11) is 0. The van der Waals surface area contributed by atoms with E-state index in [1.165, 1.54) is 23.3 Å². The molecular formula is C22H33N5O2. The molecule has 3 N–H and O–H groups in total. The van der Waals surface area contributed by atoms with E-state index < -0.39 is 5.54 Å². The van der Waals surface area contributed by atoms with E-state index in [4.69, 9.17) is 4.99 Å². The third-order valence-electron chi connectivity index (χ3n) is 6.03. The van der Waals surface area contributed by atoms with E-state index in [1.54, 1.807) is 6.92 Å². The number of guanidine groups is 1. The summed E-state index contributed by atoms with van der Waals surface area (Å²) in [5, 5.41) is 9.40. The molecule has 1 saturated heterocycles. The molecule has 0 spiro atoms. The van der Waals surface area contributed by atoms with Gasteiger partial charge in [0, 0.05) is 25.0 Å². The molecule has 1 aromatic carbocycles. The van der Waals surface area contributed by atoms with Gasteiger partial charge in [0.15, 0.2) is 5.96 Å². The molecule has 2 aliphatic rings. The number of nitrogens with one attached hydrogen (secondary N) is 3. The van der Waals surface area contributed by atoms with Crippen molar-refractivity contribution in [2.45, 2.75) is 57.4 Å². The lowest BCUT2D eigenvalue weighted by Gasteiger charge is -2.19. The Bertz CT molecular complexity index is 760. The van der Waals surface area contributed by atoms with Crippen LogP contribution in [-0.4, -0.2) is 54.5 Å². The van der Waals surface area contributed by atoms with Gasteiger partial charge < -0.3 is 16.0 Å². The number of nitrogens with zero attached hydrogens (tertiary/aromatic N) is 2. The Morgan fingerprint density at radius 1 is 1.17 bits per heavy atom. The largest absolute Gasteiger partial charge is 0.357 e. The molecule has 0 radical (unpaired) electrons. The van der Waals surface area contributed by atoms with Gasteiger partial charge in [-0.25, -0.2) is 4.79 Å². The van der Waals surface area contributed by atoms with E-state index in [2.05, 4.69) is 40.2 Å². The van der Waals surface area contributed by atoms with Crippen molar-refractivity contribution in [3.63, 3.8) is 0 Å². The quantitative estimate of drug-likeness (QED) is 0.258. The smallest absolute Gasteiger partial charge is 0.325 e. The molecule has 1 aliphatic heterocycles. The highest BCUT2D eigenvalue weighted by atomic mass is 16.2. The van der Waals surface area contributed by atoms with Crippen molar-refractivity contribution in [2.24, 2.45) is 4.99 Å². The van der Waals surface area contributed by atoms with Gasteiger partial charge in [0.1, 0.15) is 5.54 Å². The highest BCUT2D eigenvalue weighted by molar-refractivity contribution is 6.06. The predicted octanol–water partition coefficient (Wildman–Crippen LogP) is 2.38. The summed E-state index contributed by atoms with van der Waals surface area (Å²) < 4.78 is 0. The van der Waals surface area contributed by atoms with Gasteiger partial charge in [-0.05, 0) is 45.1 Å². The Morgan fingerprint density at radius 2 is 1.90 bits per heavy atom. The fraction of sp³-hybridized carbons (Fsp3) is 0.591. The van der Waals surface area contributed by atoms with Gasteiger partial charge in [-0.15, -0.1) is 0 Å². The lowest BCUT2D eigenvalue weighted by molar-refractivity contribution is -0.130. The summed E-state index contributed by atoms with van der Waals surface area (Å²) in [6.07, 6.45) is 3.60. The highest BCUT2D eigenvalue weighted by Gasteiger charge is 2.46. The Morgan fingerprint density at radius 3 is 2.48 bits per heavy atom. The number of hydrogen-bond donors (Lipinski definition) is 3. The van der Waals surface area contributed by atoms with Crippen LogP contribution in [0.4, 0.5) is 4.79 Å². The second kappa shape index (κ2) is 8.84. The zero-order valence-electron chi connectivity index (χ0n) is 17.8. The number of rotatable bonds is 9. The minimum atomic E-state index is -0.767. The van der Waals surface area contributed by atoms with E-state index in [-0.39, 0.29) is 17.4 Å². The molecule has 3 amide bonds. The lowest BCUT2D eigenvalue weighted by Crippen LogP contribution is -2.43. The van der Waals surface area contributed by atoms with Gasteiger partial charge in [0.05, 0.1) is 6.54 Å². The van der Waals surface area contributed by atoms with Crippen molar-refractivity contribution in [1.29, 1.82) is 0 Å². The molecule has 1 saturated carbocycles. The zero-order valence-corrected chi connectivity index (χ0v) is 17.8. The first-order valence-electron chi connectivity index (χ1n) is 10.7. The number of carbonyl (C=O) groups excluding carboxylic acids is 2. The maximum atomic E-state index is 12.4. The maximum Gasteiger partial charge on any atom is 0.325 e. The second-order valence-electron chi connectivity index (χ2n) is 8.19. The normalized spacial score (nSPS) is 23.1. The summed E-state index contributed by atoms with van der Waals surface area (Å²) in [5.41, 5.74) is 0.766. The Hall–Kier alpha value is -2.57. The van der Waals surface area contributed by atoms with Crippen LogP contribution in [0.5, 0.6) is 0 Å². The monoisotopic (exact) mass is 399 g/mol. The molecule has 1 atom stereocenters. The van der Waals surface area contributed by atoms with E-state index in [1.807, 2.05) is 19.9 Å². The third-order valence-corrected chi connectivity index (χ3v) is 6.03. The van der Waals surface area contributed by atoms with E-state index >= 15 is 0 Å². The molecule has 7 nitrogen and oxygen atoms in total. The van der Waals surface area contributed by atoms with E-state index in [9.17, 15) is 9.59 Å². The molecule has 158 valence electrons. The molecular weight excluding hydrogens is 366 g/mol.